The van der Waals surface area contributed by atoms with Crippen LogP contribution < -0.4 is 16.0 Å². The third-order valence-electron chi connectivity index (χ3n) is 6.80. The van der Waals surface area contributed by atoms with E-state index in [1.165, 1.54) is 18.8 Å². The van der Waals surface area contributed by atoms with Crippen LogP contribution >= 0.6 is 0 Å². The Labute approximate surface area is 229 Å². The number of carbonyl (C=O) groups is 2. The van der Waals surface area contributed by atoms with Crippen LogP contribution in [-0.2, 0) is 22.4 Å². The normalized spacial score (nSPS) is 13.3. The fraction of sp³-hybridized carbons (Fsp3) is 0.414. The van der Waals surface area contributed by atoms with Gasteiger partial charge >= 0.3 is 5.97 Å². The lowest BCUT2D eigenvalue weighted by atomic mass is 10.1. The molecule has 0 saturated carbocycles. The maximum atomic E-state index is 12.1. The monoisotopic (exact) mass is 531 g/mol. The standard InChI is InChI=1S/C29H37N7O3/c1-21(37)33-20-36(16-6-5-11-24-13-12-23-10-7-15-31-27(23)34-24)17-14-26(29(38)39)35-28-25(18-30-19-32-28)22-8-3-2-4-9-22/h2-4,8-9,12-13,18-19,26H,5-7,10-11,14-17,20H2,1H3,(H,31,34)(H,33,37)(H,38,39)(H,30,32,35). The maximum absolute atomic E-state index is 12.1. The molecule has 0 bridgehead atoms. The van der Waals surface area contributed by atoms with Crippen LogP contribution in [0.3, 0.4) is 0 Å². The van der Waals surface area contributed by atoms with E-state index in [0.29, 0.717) is 25.5 Å². The number of fused-ring (bicyclic) bond motifs is 1. The third kappa shape index (κ3) is 8.47. The zero-order chi connectivity index (χ0) is 27.5. The first-order valence-electron chi connectivity index (χ1n) is 13.5. The molecule has 4 rings (SSSR count). The van der Waals surface area contributed by atoms with Crippen molar-refractivity contribution < 1.29 is 14.7 Å². The minimum absolute atomic E-state index is 0.118. The Balaban J connectivity index is 1.33. The van der Waals surface area contributed by atoms with Crippen molar-refractivity contribution in [3.63, 3.8) is 0 Å². The van der Waals surface area contributed by atoms with Crippen molar-refractivity contribution in [2.24, 2.45) is 0 Å². The number of nitrogens with one attached hydrogen (secondary N) is 3. The summed E-state index contributed by atoms with van der Waals surface area (Å²) in [4.78, 5) is 39.0. The van der Waals surface area contributed by atoms with E-state index in [2.05, 4.69) is 43.0 Å². The van der Waals surface area contributed by atoms with Gasteiger partial charge in [0.05, 0.1) is 6.67 Å². The van der Waals surface area contributed by atoms with Crippen LogP contribution in [0.5, 0.6) is 0 Å². The number of unbranched alkanes of at least 4 members (excludes halogenated alkanes) is 1. The number of benzene rings is 1. The number of carboxylic acids is 1. The van der Waals surface area contributed by atoms with Crippen LogP contribution in [0.2, 0.25) is 0 Å². The lowest BCUT2D eigenvalue weighted by molar-refractivity contribution is -0.138. The van der Waals surface area contributed by atoms with E-state index in [-0.39, 0.29) is 5.91 Å². The highest BCUT2D eigenvalue weighted by atomic mass is 16.4. The van der Waals surface area contributed by atoms with Crippen LogP contribution in [0.4, 0.5) is 11.6 Å². The Morgan fingerprint density at radius 1 is 1.13 bits per heavy atom. The minimum Gasteiger partial charge on any atom is -0.480 e. The molecule has 0 fully saturated rings. The predicted molar refractivity (Wildman–Crippen MR) is 151 cm³/mol. The smallest absolute Gasteiger partial charge is 0.326 e. The van der Waals surface area contributed by atoms with Gasteiger partial charge in [0.25, 0.3) is 0 Å². The van der Waals surface area contributed by atoms with Crippen molar-refractivity contribution in [2.75, 3.05) is 36.9 Å². The summed E-state index contributed by atoms with van der Waals surface area (Å²) in [6.45, 7) is 4.05. The molecule has 2 aromatic heterocycles. The predicted octanol–water partition coefficient (Wildman–Crippen LogP) is 3.57. The number of pyridine rings is 1. The fourth-order valence-electron chi connectivity index (χ4n) is 4.65. The van der Waals surface area contributed by atoms with E-state index in [9.17, 15) is 14.7 Å². The molecular formula is C29H37N7O3. The van der Waals surface area contributed by atoms with Gasteiger partial charge in [-0.05, 0) is 62.3 Å². The van der Waals surface area contributed by atoms with E-state index in [0.717, 1.165) is 67.8 Å². The van der Waals surface area contributed by atoms with Crippen LogP contribution in [0, 0.1) is 0 Å². The molecule has 3 heterocycles. The highest BCUT2D eigenvalue weighted by Gasteiger charge is 2.21. The SMILES string of the molecule is CC(=O)NCN(CCCCc1ccc2c(n1)NCCC2)CCC(Nc1ncncc1-c1ccccc1)C(=O)O. The molecule has 3 aromatic rings. The highest BCUT2D eigenvalue weighted by Crippen LogP contribution is 2.25. The summed E-state index contributed by atoms with van der Waals surface area (Å²) >= 11 is 0. The van der Waals surface area contributed by atoms with Crippen LogP contribution in [0.15, 0.2) is 55.0 Å². The number of aliphatic carboxylic acids is 1. The van der Waals surface area contributed by atoms with Gasteiger partial charge in [-0.2, -0.15) is 0 Å². The van der Waals surface area contributed by atoms with Gasteiger partial charge in [-0.25, -0.2) is 19.7 Å². The zero-order valence-electron chi connectivity index (χ0n) is 22.4. The van der Waals surface area contributed by atoms with Crippen LogP contribution in [0.25, 0.3) is 11.1 Å². The first kappa shape index (κ1) is 28.0. The molecule has 206 valence electrons. The summed E-state index contributed by atoms with van der Waals surface area (Å²) in [6, 6.07) is 13.1. The average Bonchev–Trinajstić information content (AvgIpc) is 2.95. The number of rotatable bonds is 14. The Morgan fingerprint density at radius 2 is 1.97 bits per heavy atom. The number of anilines is 2. The Kier molecular flexibility index (Phi) is 10.2. The van der Waals surface area contributed by atoms with Crippen molar-refractivity contribution in [1.82, 2.24) is 25.2 Å². The van der Waals surface area contributed by atoms with Gasteiger partial charge < -0.3 is 21.1 Å². The third-order valence-corrected chi connectivity index (χ3v) is 6.80. The van der Waals surface area contributed by atoms with E-state index in [4.69, 9.17) is 4.98 Å². The number of carbonyl (C=O) groups excluding carboxylic acids is 1. The second-order valence-electron chi connectivity index (χ2n) is 9.78. The van der Waals surface area contributed by atoms with E-state index >= 15 is 0 Å². The van der Waals surface area contributed by atoms with Crippen molar-refractivity contribution in [3.05, 3.63) is 66.2 Å². The second kappa shape index (κ2) is 14.2. The lowest BCUT2D eigenvalue weighted by Gasteiger charge is -2.25. The number of aromatic nitrogens is 3. The molecule has 1 amide bonds. The molecule has 1 unspecified atom stereocenters. The molecule has 10 heteroatoms. The molecule has 1 aromatic carbocycles. The van der Waals surface area contributed by atoms with E-state index < -0.39 is 12.0 Å². The second-order valence-corrected chi connectivity index (χ2v) is 9.78. The highest BCUT2D eigenvalue weighted by molar-refractivity contribution is 5.81. The Bertz CT molecular complexity index is 1240. The van der Waals surface area contributed by atoms with Gasteiger partial charge in [0.15, 0.2) is 0 Å². The Hall–Kier alpha value is -4.05. The Morgan fingerprint density at radius 3 is 2.77 bits per heavy atom. The number of nitrogens with zero attached hydrogens (tertiary/aromatic N) is 4. The summed E-state index contributed by atoms with van der Waals surface area (Å²) in [6.07, 6.45) is 8.37. The van der Waals surface area contributed by atoms with E-state index in [1.807, 2.05) is 30.3 Å². The van der Waals surface area contributed by atoms with Gasteiger partial charge in [0.2, 0.25) is 5.91 Å². The van der Waals surface area contributed by atoms with Crippen LogP contribution in [0.1, 0.15) is 43.9 Å². The molecule has 39 heavy (non-hydrogen) atoms. The first-order valence-corrected chi connectivity index (χ1v) is 13.5. The largest absolute Gasteiger partial charge is 0.480 e. The molecule has 1 aliphatic rings. The zero-order valence-corrected chi connectivity index (χ0v) is 22.4. The topological polar surface area (TPSA) is 132 Å². The summed E-state index contributed by atoms with van der Waals surface area (Å²) in [5.41, 5.74) is 4.00. The van der Waals surface area contributed by atoms with Gasteiger partial charge in [0, 0.05) is 37.5 Å². The average molecular weight is 532 g/mol. The number of carboxylic acid groups (broad SMARTS) is 1. The molecule has 4 N–H and O–H groups in total. The molecule has 0 aliphatic carbocycles. The summed E-state index contributed by atoms with van der Waals surface area (Å²) < 4.78 is 0. The molecule has 0 saturated heterocycles. The van der Waals surface area contributed by atoms with Crippen molar-refractivity contribution in [1.29, 1.82) is 0 Å². The minimum atomic E-state index is -0.959. The molecule has 0 spiro atoms. The summed E-state index contributed by atoms with van der Waals surface area (Å²) in [5.74, 6) is 0.410. The molecule has 10 nitrogen and oxygen atoms in total. The molecule has 0 radical (unpaired) electrons. The molecule has 1 atom stereocenters. The van der Waals surface area contributed by atoms with Crippen LogP contribution in [-0.4, -0.2) is 69.2 Å². The first-order chi connectivity index (χ1) is 19.0. The number of amides is 1. The van der Waals surface area contributed by atoms with Crippen molar-refractivity contribution >= 4 is 23.5 Å². The number of hydrogen-bond acceptors (Lipinski definition) is 8. The molecule has 1 aliphatic heterocycles. The lowest BCUT2D eigenvalue weighted by Crippen LogP contribution is -2.41. The van der Waals surface area contributed by atoms with E-state index in [1.54, 1.807) is 6.20 Å². The van der Waals surface area contributed by atoms with Gasteiger partial charge in [-0.1, -0.05) is 36.4 Å². The molecular weight excluding hydrogens is 494 g/mol. The summed E-state index contributed by atoms with van der Waals surface area (Å²) in [7, 11) is 0. The van der Waals surface area contributed by atoms with Gasteiger partial charge in [0.1, 0.15) is 24.0 Å². The maximum Gasteiger partial charge on any atom is 0.326 e. The fourth-order valence-corrected chi connectivity index (χ4v) is 4.65. The number of hydrogen-bond donors (Lipinski definition) is 4. The number of aryl methyl sites for hydroxylation is 2. The van der Waals surface area contributed by atoms with Gasteiger partial charge in [-0.3, -0.25) is 9.69 Å². The summed E-state index contributed by atoms with van der Waals surface area (Å²) in [5, 5.41) is 19.3. The quantitative estimate of drug-likeness (QED) is 0.182. The van der Waals surface area contributed by atoms with Crippen molar-refractivity contribution in [2.45, 2.75) is 51.5 Å². The van der Waals surface area contributed by atoms with Crippen molar-refractivity contribution in [3.8, 4) is 11.1 Å². The van der Waals surface area contributed by atoms with Gasteiger partial charge in [-0.15, -0.1) is 0 Å².